The number of phenols is 2. The van der Waals surface area contributed by atoms with Crippen LogP contribution in [0.5, 0.6) is 17.2 Å². The van der Waals surface area contributed by atoms with Gasteiger partial charge < -0.3 is 41.4 Å². The number of nitrogens with two attached hydrogens (primary N) is 2. The highest BCUT2D eigenvalue weighted by Crippen LogP contribution is 2.59. The molecule has 2 saturated carbocycles. The maximum absolute atomic E-state index is 14.3. The Morgan fingerprint density at radius 1 is 1.05 bits per heavy atom. The van der Waals surface area contributed by atoms with Gasteiger partial charge in [0, 0.05) is 49.5 Å². The molecule has 5 aliphatic rings. The molecule has 59 heavy (non-hydrogen) atoms. The molecule has 7 rings (SSSR count). The Balaban J connectivity index is 1.41. The number of benzene rings is 2. The SMILES string of the molecule is CC[C@H]1C(CO)=C(C(=O)CCc2cc(OC3CCCC3)c(O)c3c2C#CC[C@H](N=C(N)N)C[C@@H]2C=C4[C@@H](C[C@H](C)C[C@@H]4c4cccc(O)c4)[C@H]3[C@H]2COC)CC[C@H]1CO. The Hall–Kier alpha value is -4.30. The quantitative estimate of drug-likeness (QED) is 0.0530. The fourth-order valence-corrected chi connectivity index (χ4v) is 11.7. The van der Waals surface area contributed by atoms with Crippen molar-refractivity contribution in [2.24, 2.45) is 52.0 Å². The van der Waals surface area contributed by atoms with Crippen LogP contribution in [0.15, 0.2) is 58.1 Å². The number of nitrogens with zero attached hydrogens (tertiary/aromatic N) is 1. The summed E-state index contributed by atoms with van der Waals surface area (Å²) in [5.41, 5.74) is 18.2. The molecular weight excluding hydrogens is 743 g/mol. The molecule has 2 fully saturated rings. The second-order valence-electron chi connectivity index (χ2n) is 18.0. The number of rotatable bonds is 13. The topological polar surface area (TPSA) is 181 Å². The van der Waals surface area contributed by atoms with E-state index in [-0.39, 0.29) is 96.4 Å². The number of allylic oxidation sites excluding steroid dienone is 3. The molecule has 0 aromatic heterocycles. The van der Waals surface area contributed by atoms with Gasteiger partial charge in [-0.3, -0.25) is 4.79 Å². The summed E-state index contributed by atoms with van der Waals surface area (Å²) >= 11 is 0. The van der Waals surface area contributed by atoms with Gasteiger partial charge in [-0.2, -0.15) is 0 Å². The van der Waals surface area contributed by atoms with Gasteiger partial charge in [0.15, 0.2) is 23.2 Å². The predicted octanol–water partition coefficient (Wildman–Crippen LogP) is 7.16. The molecule has 0 heterocycles. The number of aliphatic imine (C=N–C) groups is 1. The zero-order valence-corrected chi connectivity index (χ0v) is 35.2. The van der Waals surface area contributed by atoms with Gasteiger partial charge in [0.05, 0.1) is 25.4 Å². The molecule has 0 aliphatic heterocycles. The second kappa shape index (κ2) is 19.0. The number of guanidine groups is 1. The first-order valence-electron chi connectivity index (χ1n) is 22.1. The van der Waals surface area contributed by atoms with E-state index in [1.165, 1.54) is 5.57 Å². The minimum absolute atomic E-state index is 0.0000979. The van der Waals surface area contributed by atoms with Crippen LogP contribution in [0.4, 0.5) is 0 Å². The average molecular weight is 808 g/mol. The second-order valence-corrected chi connectivity index (χ2v) is 18.0. The highest BCUT2D eigenvalue weighted by atomic mass is 16.5. The van der Waals surface area contributed by atoms with Crippen LogP contribution in [0.2, 0.25) is 0 Å². The van der Waals surface area contributed by atoms with Crippen molar-refractivity contribution in [3.05, 3.63) is 75.4 Å². The standard InChI is InChI=1S/C49H65N3O7/c1-4-36-31(25-53)15-17-38(42(36)26-54)44(56)18-16-30-24-45(59-35-12-5-6-13-35)48(57)47-37(30)14-8-10-33(52-49(50)51)21-32-23-40-39(29-9-7-11-34(55)22-29)19-28(2)20-41(40)46(47)43(32)27-58-3/h7,9,11,22-24,28,31-33,35-36,39,41,43,46,53-55,57H,4-6,10,12-13,15-21,25-27H2,1-3H3,(H4,50,51,52)/t28-,31+,32-,33+,36-,39-,41-,43+,46+/m1/s1. The van der Waals surface area contributed by atoms with Crippen molar-refractivity contribution >= 4 is 11.7 Å². The third-order valence-electron chi connectivity index (χ3n) is 14.3. The highest BCUT2D eigenvalue weighted by Gasteiger charge is 2.48. The molecule has 5 aliphatic carbocycles. The molecule has 318 valence electrons. The first kappa shape index (κ1) is 42.8. The average Bonchev–Trinajstić information content (AvgIpc) is 3.73. The maximum Gasteiger partial charge on any atom is 0.186 e. The van der Waals surface area contributed by atoms with E-state index < -0.39 is 0 Å². The zero-order valence-electron chi connectivity index (χ0n) is 35.2. The summed E-state index contributed by atoms with van der Waals surface area (Å²) in [6.45, 7) is 4.61. The molecule has 2 aromatic carbocycles. The molecular formula is C49H65N3O7. The lowest BCUT2D eigenvalue weighted by molar-refractivity contribution is -0.116. The zero-order chi connectivity index (χ0) is 41.8. The number of methoxy groups -OCH3 is 1. The first-order chi connectivity index (χ1) is 28.5. The number of aromatic hydroxyl groups is 2. The minimum Gasteiger partial charge on any atom is -0.508 e. The minimum atomic E-state index is -0.276. The van der Waals surface area contributed by atoms with Crippen molar-refractivity contribution in [1.29, 1.82) is 0 Å². The lowest BCUT2D eigenvalue weighted by Crippen LogP contribution is -2.41. The molecule has 10 heteroatoms. The van der Waals surface area contributed by atoms with E-state index in [0.29, 0.717) is 56.0 Å². The van der Waals surface area contributed by atoms with Crippen LogP contribution in [0.25, 0.3) is 0 Å². The van der Waals surface area contributed by atoms with E-state index in [0.717, 1.165) is 72.8 Å². The van der Waals surface area contributed by atoms with E-state index in [4.69, 9.17) is 20.9 Å². The number of Topliss-reactive ketones (excluding diaryl/α,β-unsaturated/α-hetero) is 1. The van der Waals surface area contributed by atoms with E-state index in [9.17, 15) is 25.2 Å². The Bertz CT molecular complexity index is 2000. The van der Waals surface area contributed by atoms with Gasteiger partial charge in [0.1, 0.15) is 5.75 Å². The van der Waals surface area contributed by atoms with Crippen LogP contribution in [-0.4, -0.2) is 71.2 Å². The Morgan fingerprint density at radius 2 is 1.85 bits per heavy atom. The summed E-state index contributed by atoms with van der Waals surface area (Å²) in [6, 6.07) is 9.26. The van der Waals surface area contributed by atoms with Gasteiger partial charge in [-0.15, -0.1) is 0 Å². The molecule has 8 N–H and O–H groups in total. The molecule has 0 saturated heterocycles. The fourth-order valence-electron chi connectivity index (χ4n) is 11.7. The van der Waals surface area contributed by atoms with E-state index in [1.54, 1.807) is 13.2 Å². The van der Waals surface area contributed by atoms with E-state index >= 15 is 0 Å². The molecule has 0 radical (unpaired) electrons. The summed E-state index contributed by atoms with van der Waals surface area (Å²) in [5.74, 6) is 7.91. The monoisotopic (exact) mass is 807 g/mol. The number of carbonyl (C=O) groups excluding carboxylic acids is 1. The van der Waals surface area contributed by atoms with Gasteiger partial charge in [0.25, 0.3) is 0 Å². The van der Waals surface area contributed by atoms with Crippen LogP contribution in [-0.2, 0) is 16.0 Å². The molecule has 0 amide bonds. The largest absolute Gasteiger partial charge is 0.508 e. The summed E-state index contributed by atoms with van der Waals surface area (Å²) in [6.07, 6.45) is 11.8. The van der Waals surface area contributed by atoms with Crippen molar-refractivity contribution in [2.45, 2.75) is 121 Å². The Labute approximate surface area is 350 Å². The highest BCUT2D eigenvalue weighted by molar-refractivity contribution is 5.96. The van der Waals surface area contributed by atoms with Crippen molar-refractivity contribution in [3.63, 3.8) is 0 Å². The number of aryl methyl sites for hydroxylation is 1. The number of aliphatic hydroxyl groups excluding tert-OH is 2. The van der Waals surface area contributed by atoms with E-state index in [1.807, 2.05) is 25.1 Å². The molecule has 0 unspecified atom stereocenters. The first-order valence-corrected chi connectivity index (χ1v) is 22.1. The van der Waals surface area contributed by atoms with Crippen molar-refractivity contribution in [1.82, 2.24) is 0 Å². The van der Waals surface area contributed by atoms with Crippen LogP contribution >= 0.6 is 0 Å². The van der Waals surface area contributed by atoms with Gasteiger partial charge in [-0.1, -0.05) is 49.5 Å². The van der Waals surface area contributed by atoms with Gasteiger partial charge in [-0.25, -0.2) is 4.99 Å². The van der Waals surface area contributed by atoms with E-state index in [2.05, 4.69) is 35.9 Å². The number of hydrogen-bond acceptors (Lipinski definition) is 8. The molecule has 0 spiro atoms. The number of carbonyl (C=O) groups is 1. The summed E-state index contributed by atoms with van der Waals surface area (Å²) in [5, 5.41) is 44.0. The van der Waals surface area contributed by atoms with Crippen molar-refractivity contribution in [2.75, 3.05) is 26.9 Å². The number of ketones is 1. The van der Waals surface area contributed by atoms with Crippen LogP contribution in [0.1, 0.15) is 125 Å². The Kier molecular flexibility index (Phi) is 13.8. The molecule has 2 bridgehead atoms. The summed E-state index contributed by atoms with van der Waals surface area (Å²) in [4.78, 5) is 19.0. The normalized spacial score (nSPS) is 29.4. The third kappa shape index (κ3) is 9.08. The molecule has 10 nitrogen and oxygen atoms in total. The number of phenolic OH excluding ortho intramolecular Hbond substituents is 2. The lowest BCUT2D eigenvalue weighted by Gasteiger charge is -2.49. The summed E-state index contributed by atoms with van der Waals surface area (Å²) < 4.78 is 12.8. The number of aliphatic hydroxyl groups is 2. The summed E-state index contributed by atoms with van der Waals surface area (Å²) in [7, 11) is 1.73. The smallest absolute Gasteiger partial charge is 0.186 e. The van der Waals surface area contributed by atoms with Crippen molar-refractivity contribution in [3.8, 4) is 29.1 Å². The van der Waals surface area contributed by atoms with Gasteiger partial charge >= 0.3 is 0 Å². The van der Waals surface area contributed by atoms with Gasteiger partial charge in [-0.05, 0) is 147 Å². The van der Waals surface area contributed by atoms with Crippen LogP contribution in [0.3, 0.4) is 0 Å². The molecule has 2 aromatic rings. The lowest BCUT2D eigenvalue weighted by atomic mass is 9.55. The van der Waals surface area contributed by atoms with Crippen LogP contribution in [0, 0.1) is 47.3 Å². The number of ether oxygens (including phenoxy) is 2. The fraction of sp³-hybridized carbons (Fsp3) is 0.592. The number of fused-ring (bicyclic) bond motifs is 6. The maximum atomic E-state index is 14.3. The number of hydrogen-bond donors (Lipinski definition) is 6. The van der Waals surface area contributed by atoms with Gasteiger partial charge in [0.2, 0.25) is 0 Å². The Morgan fingerprint density at radius 3 is 2.54 bits per heavy atom. The molecule has 9 atom stereocenters. The predicted molar refractivity (Wildman–Crippen MR) is 230 cm³/mol. The third-order valence-corrected chi connectivity index (χ3v) is 14.3. The van der Waals surface area contributed by atoms with Crippen LogP contribution < -0.4 is 16.2 Å². The van der Waals surface area contributed by atoms with Crippen molar-refractivity contribution < 1.29 is 34.7 Å².